The Balaban J connectivity index is 0.944. The van der Waals surface area contributed by atoms with Crippen molar-refractivity contribution in [2.24, 2.45) is 0 Å². The number of thiophene rings is 2. The van der Waals surface area contributed by atoms with E-state index in [9.17, 15) is 9.59 Å². The molecule has 0 atom stereocenters. The molecule has 7 rings (SSSR count). The predicted molar refractivity (Wildman–Crippen MR) is 201 cm³/mol. The van der Waals surface area contributed by atoms with Gasteiger partial charge in [0.05, 0.1) is 45.6 Å². The Morgan fingerprint density at radius 1 is 0.580 bits per heavy atom. The van der Waals surface area contributed by atoms with E-state index in [0.717, 1.165) is 43.7 Å². The normalized spacial score (nSPS) is 11.0. The Kier molecular flexibility index (Phi) is 10.8. The number of amides is 2. The molecule has 0 fully saturated rings. The molecule has 0 spiro atoms. The van der Waals surface area contributed by atoms with Gasteiger partial charge in [0.15, 0.2) is 0 Å². The molecular weight excluding hydrogens is 705 g/mol. The van der Waals surface area contributed by atoms with Crippen LogP contribution in [0.3, 0.4) is 0 Å². The quantitative estimate of drug-likeness (QED) is 0.107. The summed E-state index contributed by atoms with van der Waals surface area (Å²) in [5, 5.41) is 27.4. The fourth-order valence-electron chi connectivity index (χ4n) is 5.06. The van der Waals surface area contributed by atoms with Crippen LogP contribution in [0.15, 0.2) is 130 Å². The first-order valence-electron chi connectivity index (χ1n) is 15.6. The molecule has 50 heavy (non-hydrogen) atoms. The van der Waals surface area contributed by atoms with Gasteiger partial charge < -0.3 is 10.6 Å². The summed E-state index contributed by atoms with van der Waals surface area (Å²) in [6, 6.07) is 31.1. The summed E-state index contributed by atoms with van der Waals surface area (Å²) in [5.41, 5.74) is 5.46. The van der Waals surface area contributed by atoms with Crippen molar-refractivity contribution in [1.82, 2.24) is 30.0 Å². The van der Waals surface area contributed by atoms with Crippen LogP contribution in [0.25, 0.3) is 0 Å². The molecule has 0 aliphatic heterocycles. The van der Waals surface area contributed by atoms with E-state index in [1.165, 1.54) is 22.7 Å². The third-order valence-electron chi connectivity index (χ3n) is 7.47. The van der Waals surface area contributed by atoms with Crippen LogP contribution in [0.5, 0.6) is 0 Å². The first-order valence-corrected chi connectivity index (χ1v) is 19.3. The minimum absolute atomic E-state index is 0.114. The lowest BCUT2D eigenvalue weighted by atomic mass is 10.1. The Morgan fingerprint density at radius 3 is 1.46 bits per heavy atom. The zero-order chi connectivity index (χ0) is 34.1. The second-order valence-corrected chi connectivity index (χ2v) is 14.9. The number of hydrogen-bond donors (Lipinski definition) is 2. The number of carbonyl (C=O) groups is 2. The van der Waals surface area contributed by atoms with E-state index in [-0.39, 0.29) is 11.8 Å². The van der Waals surface area contributed by atoms with Crippen molar-refractivity contribution in [3.8, 4) is 0 Å². The highest BCUT2D eigenvalue weighted by Gasteiger charge is 2.14. The summed E-state index contributed by atoms with van der Waals surface area (Å²) in [6.07, 6.45) is 3.92. The maximum atomic E-state index is 12.6. The summed E-state index contributed by atoms with van der Waals surface area (Å²) < 4.78 is 3.69. The van der Waals surface area contributed by atoms with Crippen molar-refractivity contribution in [1.29, 1.82) is 0 Å². The SMILES string of the molecule is O=C(Nc1ccccc1SCc1cn(Cc2ccccc2Cn2cc(CSc3ccccc3NC(=O)c3cccs3)nn2)nn1)c1cccs1. The van der Waals surface area contributed by atoms with E-state index in [1.54, 1.807) is 23.5 Å². The number of benzene rings is 3. The van der Waals surface area contributed by atoms with Gasteiger partial charge in [-0.2, -0.15) is 0 Å². The van der Waals surface area contributed by atoms with Crippen LogP contribution in [0.2, 0.25) is 0 Å². The second-order valence-electron chi connectivity index (χ2n) is 11.0. The van der Waals surface area contributed by atoms with Gasteiger partial charge in [0.2, 0.25) is 0 Å². The van der Waals surface area contributed by atoms with E-state index in [2.05, 4.69) is 43.4 Å². The molecule has 0 aliphatic carbocycles. The summed E-state index contributed by atoms with van der Waals surface area (Å²) in [4.78, 5) is 28.5. The van der Waals surface area contributed by atoms with E-state index in [4.69, 9.17) is 0 Å². The lowest BCUT2D eigenvalue weighted by Crippen LogP contribution is -2.10. The van der Waals surface area contributed by atoms with Crippen LogP contribution in [0.4, 0.5) is 11.4 Å². The van der Waals surface area contributed by atoms with Crippen LogP contribution in [-0.2, 0) is 24.6 Å². The summed E-state index contributed by atoms with van der Waals surface area (Å²) in [5.74, 6) is 0.991. The Hall–Kier alpha value is -5.02. The largest absolute Gasteiger partial charge is 0.320 e. The number of carbonyl (C=O) groups excluding carboxylic acids is 2. The molecule has 0 radical (unpaired) electrons. The molecule has 10 nitrogen and oxygen atoms in total. The smallest absolute Gasteiger partial charge is 0.265 e. The standard InChI is InChI=1S/C36H30N8O2S4/c45-35(33-15-7-17-47-33)37-29-11-3-5-13-31(29)49-23-27-21-43(41-39-27)19-25-9-1-2-10-26(25)20-44-22-28(40-42-44)24-50-32-14-6-4-12-30(32)38-36(46)34-16-8-18-48-34/h1-18,21-22H,19-20,23-24H2,(H,37,45)(H,38,46). The molecular formula is C36H30N8O2S4. The highest BCUT2D eigenvalue weighted by atomic mass is 32.2. The number of hydrogen-bond acceptors (Lipinski definition) is 10. The zero-order valence-electron chi connectivity index (χ0n) is 26.5. The number of para-hydroxylation sites is 2. The Bertz CT molecular complexity index is 2040. The molecule has 0 unspecified atom stereocenters. The lowest BCUT2D eigenvalue weighted by Gasteiger charge is -2.10. The van der Waals surface area contributed by atoms with Crippen molar-refractivity contribution >= 4 is 69.4 Å². The molecule has 14 heteroatoms. The zero-order valence-corrected chi connectivity index (χ0v) is 29.8. The van der Waals surface area contributed by atoms with Crippen LogP contribution in [0, 0.1) is 0 Å². The van der Waals surface area contributed by atoms with Crippen molar-refractivity contribution in [3.05, 3.63) is 152 Å². The van der Waals surface area contributed by atoms with Crippen molar-refractivity contribution in [2.75, 3.05) is 10.6 Å². The first kappa shape index (κ1) is 33.5. The lowest BCUT2D eigenvalue weighted by molar-refractivity contribution is 0.102. The number of nitrogens with one attached hydrogen (secondary N) is 2. The molecule has 2 N–H and O–H groups in total. The van der Waals surface area contributed by atoms with Crippen LogP contribution < -0.4 is 10.6 Å². The molecule has 2 amide bonds. The molecule has 0 bridgehead atoms. The highest BCUT2D eigenvalue weighted by Crippen LogP contribution is 2.31. The van der Waals surface area contributed by atoms with Crippen molar-refractivity contribution < 1.29 is 9.59 Å². The Morgan fingerprint density at radius 2 is 1.02 bits per heavy atom. The van der Waals surface area contributed by atoms with Gasteiger partial charge in [-0.1, -0.05) is 71.1 Å². The number of thioether (sulfide) groups is 2. The van der Waals surface area contributed by atoms with Gasteiger partial charge in [-0.3, -0.25) is 9.59 Å². The predicted octanol–water partition coefficient (Wildman–Crippen LogP) is 8.18. The number of nitrogens with zero attached hydrogens (tertiary/aromatic N) is 6. The van der Waals surface area contributed by atoms with E-state index in [0.29, 0.717) is 34.3 Å². The summed E-state index contributed by atoms with van der Waals surface area (Å²) >= 11 is 6.04. The maximum Gasteiger partial charge on any atom is 0.265 e. The van der Waals surface area contributed by atoms with Crippen molar-refractivity contribution in [3.63, 3.8) is 0 Å². The molecule has 7 aromatic rings. The van der Waals surface area contributed by atoms with Gasteiger partial charge in [-0.15, -0.1) is 56.4 Å². The average Bonchev–Trinajstić information content (AvgIpc) is 3.98. The van der Waals surface area contributed by atoms with E-state index in [1.807, 2.05) is 117 Å². The number of aromatic nitrogens is 6. The fraction of sp³-hybridized carbons (Fsp3) is 0.111. The highest BCUT2D eigenvalue weighted by molar-refractivity contribution is 7.99. The monoisotopic (exact) mass is 734 g/mol. The minimum atomic E-state index is -0.114. The maximum absolute atomic E-state index is 12.6. The average molecular weight is 735 g/mol. The molecule has 3 aromatic carbocycles. The molecule has 4 aromatic heterocycles. The molecule has 0 saturated heterocycles. The van der Waals surface area contributed by atoms with Gasteiger partial charge in [0.1, 0.15) is 0 Å². The van der Waals surface area contributed by atoms with Gasteiger partial charge in [0, 0.05) is 33.7 Å². The first-order chi connectivity index (χ1) is 24.6. The fourth-order valence-corrected chi connectivity index (χ4v) is 8.07. The molecule has 4 heterocycles. The van der Waals surface area contributed by atoms with Crippen LogP contribution in [-0.4, -0.2) is 41.8 Å². The molecule has 250 valence electrons. The van der Waals surface area contributed by atoms with Gasteiger partial charge >= 0.3 is 0 Å². The van der Waals surface area contributed by atoms with Crippen LogP contribution >= 0.6 is 46.2 Å². The third-order valence-corrected chi connectivity index (χ3v) is 11.4. The van der Waals surface area contributed by atoms with E-state index >= 15 is 0 Å². The topological polar surface area (TPSA) is 120 Å². The van der Waals surface area contributed by atoms with Gasteiger partial charge in [-0.05, 0) is 58.3 Å². The summed E-state index contributed by atoms with van der Waals surface area (Å²) in [6.45, 7) is 1.12. The van der Waals surface area contributed by atoms with Gasteiger partial charge in [0.25, 0.3) is 11.8 Å². The van der Waals surface area contributed by atoms with Gasteiger partial charge in [-0.25, -0.2) is 9.36 Å². The van der Waals surface area contributed by atoms with E-state index < -0.39 is 0 Å². The summed E-state index contributed by atoms with van der Waals surface area (Å²) in [7, 11) is 0. The third kappa shape index (κ3) is 8.58. The number of rotatable bonds is 14. The van der Waals surface area contributed by atoms with Crippen molar-refractivity contribution in [2.45, 2.75) is 34.4 Å². The minimum Gasteiger partial charge on any atom is -0.320 e. The van der Waals surface area contributed by atoms with Crippen LogP contribution in [0.1, 0.15) is 41.9 Å². The second kappa shape index (κ2) is 16.1. The Labute approximate surface area is 305 Å². The molecule has 0 saturated carbocycles. The number of anilines is 2. The molecule has 0 aliphatic rings.